The Hall–Kier alpha value is -6.10. The number of ketones is 1. The number of ether oxygens (including phenoxy) is 1. The maximum absolute atomic E-state index is 13.7. The van der Waals surface area contributed by atoms with E-state index in [9.17, 15) is 29.4 Å². The van der Waals surface area contributed by atoms with Crippen molar-refractivity contribution in [3.63, 3.8) is 0 Å². The van der Waals surface area contributed by atoms with Gasteiger partial charge in [0.15, 0.2) is 0 Å². The molecule has 4 aromatic rings. The third-order valence-electron chi connectivity index (χ3n) is 8.66. The minimum absolute atomic E-state index is 0.0769. The standard InChI is InChI=1S/C42H46N4O7/c1-42(2,3)53-41(52)43-36(25-30-17-19-35(47)20-18-30)39(50)44-21-23-45(24-22-44)40(51)38(49)27-37(48)33-15-10-16-34(26-33)46(28-31-11-6-4-7-12-31)29-32-13-8-5-9-14-32/h4-20,26-27,36,47-48H,21-25,28-29H2,1-3H3,(H,43,52)/b37-27-/t36-/m0/s1. The third-order valence-corrected chi connectivity index (χ3v) is 8.66. The van der Waals surface area contributed by atoms with Crippen molar-refractivity contribution in [2.75, 3.05) is 31.1 Å². The van der Waals surface area contributed by atoms with Gasteiger partial charge in [0.2, 0.25) is 11.7 Å². The molecule has 3 amide bonds. The number of anilines is 1. The lowest BCUT2D eigenvalue weighted by molar-refractivity contribution is -0.146. The number of alkyl carbamates (subject to hydrolysis) is 1. The lowest BCUT2D eigenvalue weighted by atomic mass is 10.0. The van der Waals surface area contributed by atoms with Crippen LogP contribution in [-0.4, -0.2) is 81.5 Å². The van der Waals surface area contributed by atoms with Gasteiger partial charge in [0.25, 0.3) is 5.91 Å². The Balaban J connectivity index is 1.23. The van der Waals surface area contributed by atoms with E-state index in [1.165, 1.54) is 21.9 Å². The van der Waals surface area contributed by atoms with E-state index < -0.39 is 29.4 Å². The van der Waals surface area contributed by atoms with E-state index in [1.807, 2.05) is 42.5 Å². The lowest BCUT2D eigenvalue weighted by Crippen LogP contribution is -2.57. The van der Waals surface area contributed by atoms with Crippen LogP contribution in [0.3, 0.4) is 0 Å². The van der Waals surface area contributed by atoms with Crippen molar-refractivity contribution < 1.29 is 34.1 Å². The van der Waals surface area contributed by atoms with Crippen molar-refractivity contribution in [1.29, 1.82) is 0 Å². The first-order valence-corrected chi connectivity index (χ1v) is 17.6. The van der Waals surface area contributed by atoms with Gasteiger partial charge in [-0.25, -0.2) is 4.79 Å². The first-order valence-electron chi connectivity index (χ1n) is 17.6. The van der Waals surface area contributed by atoms with Gasteiger partial charge >= 0.3 is 6.09 Å². The Bertz CT molecular complexity index is 1860. The Morgan fingerprint density at radius 2 is 1.34 bits per heavy atom. The van der Waals surface area contributed by atoms with Crippen molar-refractivity contribution in [1.82, 2.24) is 15.1 Å². The fourth-order valence-electron chi connectivity index (χ4n) is 6.00. The van der Waals surface area contributed by atoms with Crippen LogP contribution in [0.25, 0.3) is 5.76 Å². The van der Waals surface area contributed by atoms with Crippen LogP contribution in [0.15, 0.2) is 115 Å². The van der Waals surface area contributed by atoms with Crippen LogP contribution in [-0.2, 0) is 38.6 Å². The molecule has 0 unspecified atom stereocenters. The molecule has 0 aliphatic carbocycles. The number of aliphatic hydroxyl groups excluding tert-OH is 1. The summed E-state index contributed by atoms with van der Waals surface area (Å²) in [6.45, 7) is 6.85. The van der Waals surface area contributed by atoms with Gasteiger partial charge in [0, 0.05) is 63.0 Å². The molecule has 5 rings (SSSR count). The van der Waals surface area contributed by atoms with Gasteiger partial charge < -0.3 is 35.0 Å². The van der Waals surface area contributed by atoms with Crippen LogP contribution in [0.5, 0.6) is 5.75 Å². The number of carbonyl (C=O) groups is 4. The third kappa shape index (κ3) is 11.2. The van der Waals surface area contributed by atoms with Crippen LogP contribution in [0.1, 0.15) is 43.0 Å². The Morgan fingerprint density at radius 1 is 0.774 bits per heavy atom. The molecule has 0 spiro atoms. The molecule has 11 nitrogen and oxygen atoms in total. The van der Waals surface area contributed by atoms with E-state index in [2.05, 4.69) is 34.5 Å². The van der Waals surface area contributed by atoms with Gasteiger partial charge in [0.05, 0.1) is 0 Å². The molecule has 53 heavy (non-hydrogen) atoms. The van der Waals surface area contributed by atoms with Gasteiger partial charge in [0.1, 0.15) is 23.2 Å². The summed E-state index contributed by atoms with van der Waals surface area (Å²) in [6.07, 6.45) is 0.347. The molecular weight excluding hydrogens is 672 g/mol. The van der Waals surface area contributed by atoms with Gasteiger partial charge in [-0.15, -0.1) is 0 Å². The molecule has 0 radical (unpaired) electrons. The predicted molar refractivity (Wildman–Crippen MR) is 203 cm³/mol. The average molecular weight is 719 g/mol. The number of aromatic hydroxyl groups is 1. The number of nitrogens with zero attached hydrogens (tertiary/aromatic N) is 3. The second kappa shape index (κ2) is 17.4. The monoisotopic (exact) mass is 718 g/mol. The number of amides is 3. The highest BCUT2D eigenvalue weighted by atomic mass is 16.6. The number of hydrogen-bond acceptors (Lipinski definition) is 8. The minimum Gasteiger partial charge on any atom is -0.508 e. The largest absolute Gasteiger partial charge is 0.508 e. The zero-order valence-corrected chi connectivity index (χ0v) is 30.3. The van der Waals surface area contributed by atoms with Gasteiger partial charge in [-0.3, -0.25) is 14.4 Å². The zero-order chi connectivity index (χ0) is 38.0. The van der Waals surface area contributed by atoms with Crippen LogP contribution in [0.2, 0.25) is 0 Å². The van der Waals surface area contributed by atoms with E-state index in [0.29, 0.717) is 24.2 Å². The highest BCUT2D eigenvalue weighted by Crippen LogP contribution is 2.25. The molecule has 1 atom stereocenters. The normalized spacial score (nSPS) is 13.9. The Morgan fingerprint density at radius 3 is 1.91 bits per heavy atom. The molecule has 0 bridgehead atoms. The lowest BCUT2D eigenvalue weighted by Gasteiger charge is -2.36. The molecule has 3 N–H and O–H groups in total. The van der Waals surface area contributed by atoms with Crippen molar-refractivity contribution in [3.8, 4) is 5.75 Å². The summed E-state index contributed by atoms with van der Waals surface area (Å²) in [5, 5.41) is 23.4. The summed E-state index contributed by atoms with van der Waals surface area (Å²) in [7, 11) is 0. The molecule has 276 valence electrons. The van der Waals surface area contributed by atoms with E-state index in [-0.39, 0.29) is 50.0 Å². The van der Waals surface area contributed by atoms with Gasteiger partial charge in [-0.1, -0.05) is 84.9 Å². The zero-order valence-electron chi connectivity index (χ0n) is 30.3. The van der Waals surface area contributed by atoms with E-state index >= 15 is 0 Å². The van der Waals surface area contributed by atoms with E-state index in [0.717, 1.165) is 22.9 Å². The molecule has 1 heterocycles. The summed E-state index contributed by atoms with van der Waals surface area (Å²) in [4.78, 5) is 57.7. The first-order chi connectivity index (χ1) is 25.3. The minimum atomic E-state index is -0.967. The highest BCUT2D eigenvalue weighted by Gasteiger charge is 2.32. The Kier molecular flexibility index (Phi) is 12.5. The van der Waals surface area contributed by atoms with Crippen LogP contribution >= 0.6 is 0 Å². The molecule has 1 saturated heterocycles. The van der Waals surface area contributed by atoms with Crippen LogP contribution in [0, 0.1) is 0 Å². The summed E-state index contributed by atoms with van der Waals surface area (Å²) in [6, 6.07) is 32.7. The SMILES string of the molecule is CC(C)(C)OC(=O)N[C@@H](Cc1ccc(O)cc1)C(=O)N1CCN(C(=O)C(=O)/C=C(\O)c2cccc(N(Cc3ccccc3)Cc3ccccc3)c2)CC1. The first kappa shape index (κ1) is 38.1. The number of piperazine rings is 1. The number of phenols is 1. The smallest absolute Gasteiger partial charge is 0.408 e. The quantitative estimate of drug-likeness (QED) is 0.0939. The molecule has 1 fully saturated rings. The number of phenolic OH excluding ortho intramolecular Hbond substituents is 1. The summed E-state index contributed by atoms with van der Waals surface area (Å²) in [5.74, 6) is -2.29. The van der Waals surface area contributed by atoms with Crippen LogP contribution in [0.4, 0.5) is 10.5 Å². The molecule has 0 saturated carbocycles. The maximum atomic E-state index is 13.7. The summed E-state index contributed by atoms with van der Waals surface area (Å²) in [5.41, 5.74) is 3.40. The van der Waals surface area contributed by atoms with Crippen LogP contribution < -0.4 is 10.2 Å². The topological polar surface area (TPSA) is 140 Å². The van der Waals surface area contributed by atoms with E-state index in [1.54, 1.807) is 51.1 Å². The second-order valence-corrected chi connectivity index (χ2v) is 14.0. The van der Waals surface area contributed by atoms with Crippen molar-refractivity contribution >= 4 is 35.1 Å². The van der Waals surface area contributed by atoms with E-state index in [4.69, 9.17) is 4.74 Å². The van der Waals surface area contributed by atoms with Gasteiger partial charge in [-0.2, -0.15) is 0 Å². The molecule has 11 heteroatoms. The summed E-state index contributed by atoms with van der Waals surface area (Å²) >= 11 is 0. The summed E-state index contributed by atoms with van der Waals surface area (Å²) < 4.78 is 5.39. The number of hydrogen-bond donors (Lipinski definition) is 3. The van der Waals surface area contributed by atoms with Crippen molar-refractivity contribution in [2.24, 2.45) is 0 Å². The number of carbonyl (C=O) groups excluding carboxylic acids is 4. The predicted octanol–water partition coefficient (Wildman–Crippen LogP) is 5.87. The van der Waals surface area contributed by atoms with Crippen molar-refractivity contribution in [2.45, 2.75) is 51.9 Å². The number of aliphatic hydroxyl groups is 1. The fourth-order valence-corrected chi connectivity index (χ4v) is 6.00. The number of rotatable bonds is 12. The Labute approximate surface area is 310 Å². The second-order valence-electron chi connectivity index (χ2n) is 14.0. The number of benzene rings is 4. The average Bonchev–Trinajstić information content (AvgIpc) is 3.14. The molecule has 1 aliphatic rings. The molecule has 4 aromatic carbocycles. The fraction of sp³-hybridized carbons (Fsp3) is 0.286. The molecule has 1 aliphatic heterocycles. The van der Waals surface area contributed by atoms with Crippen molar-refractivity contribution in [3.05, 3.63) is 138 Å². The molecular formula is C42H46N4O7. The highest BCUT2D eigenvalue weighted by molar-refractivity contribution is 6.41. The van der Waals surface area contributed by atoms with Gasteiger partial charge in [-0.05, 0) is 61.7 Å². The maximum Gasteiger partial charge on any atom is 0.408 e. The molecule has 0 aromatic heterocycles. The number of nitrogens with one attached hydrogen (secondary N) is 1.